The molecule has 2 aliphatic rings. The molecule has 1 aromatic carbocycles. The minimum Gasteiger partial charge on any atom is -0.296 e. The van der Waals surface area contributed by atoms with Crippen molar-refractivity contribution in [2.24, 2.45) is 17.8 Å². The summed E-state index contributed by atoms with van der Waals surface area (Å²) in [6.45, 7) is 10.8. The molecular formula is C25H39N. The zero-order valence-electron chi connectivity index (χ0n) is 17.7. The summed E-state index contributed by atoms with van der Waals surface area (Å²) in [7, 11) is 2.38. The summed E-state index contributed by atoms with van der Waals surface area (Å²) in [4.78, 5) is 2.71. The zero-order valence-corrected chi connectivity index (χ0v) is 17.7. The third-order valence-corrected chi connectivity index (χ3v) is 7.75. The van der Waals surface area contributed by atoms with Gasteiger partial charge in [0.1, 0.15) is 0 Å². The van der Waals surface area contributed by atoms with E-state index >= 15 is 0 Å². The first-order valence-corrected chi connectivity index (χ1v) is 11.0. The fourth-order valence-corrected chi connectivity index (χ4v) is 5.47. The molecule has 0 amide bonds. The minimum absolute atomic E-state index is 0.265. The molecule has 1 fully saturated rings. The van der Waals surface area contributed by atoms with Crippen molar-refractivity contribution in [1.82, 2.24) is 4.90 Å². The van der Waals surface area contributed by atoms with Crippen molar-refractivity contribution in [3.63, 3.8) is 0 Å². The molecule has 0 aromatic heterocycles. The first-order valence-electron chi connectivity index (χ1n) is 11.0. The average Bonchev–Trinajstić information content (AvgIpc) is 3.45. The van der Waals surface area contributed by atoms with Gasteiger partial charge in [0.15, 0.2) is 0 Å². The number of benzene rings is 1. The topological polar surface area (TPSA) is 3.24 Å². The molecule has 1 nitrogen and oxygen atoms in total. The van der Waals surface area contributed by atoms with Gasteiger partial charge in [-0.05, 0) is 55.2 Å². The van der Waals surface area contributed by atoms with Crippen LogP contribution in [0.4, 0.5) is 0 Å². The van der Waals surface area contributed by atoms with E-state index in [0.29, 0.717) is 11.8 Å². The maximum atomic E-state index is 2.71. The third kappa shape index (κ3) is 3.79. The second-order valence-corrected chi connectivity index (χ2v) is 8.98. The molecule has 1 saturated carbocycles. The molecule has 26 heavy (non-hydrogen) atoms. The molecule has 1 heteroatoms. The van der Waals surface area contributed by atoms with Crippen LogP contribution in [-0.2, 0) is 13.0 Å². The summed E-state index contributed by atoms with van der Waals surface area (Å²) in [6.07, 6.45) is 11.7. The molecule has 3 atom stereocenters. The van der Waals surface area contributed by atoms with Crippen molar-refractivity contribution < 1.29 is 0 Å². The van der Waals surface area contributed by atoms with Gasteiger partial charge in [-0.2, -0.15) is 0 Å². The Morgan fingerprint density at radius 1 is 1.12 bits per heavy atom. The molecule has 1 aromatic rings. The maximum absolute atomic E-state index is 2.71. The van der Waals surface area contributed by atoms with Crippen LogP contribution >= 0.6 is 0 Å². The molecule has 3 rings (SSSR count). The van der Waals surface area contributed by atoms with E-state index in [1.807, 2.05) is 0 Å². The van der Waals surface area contributed by atoms with E-state index in [1.165, 1.54) is 44.9 Å². The minimum atomic E-state index is 0.265. The number of hydrogen-bond donors (Lipinski definition) is 0. The van der Waals surface area contributed by atoms with Gasteiger partial charge in [0, 0.05) is 12.1 Å². The lowest BCUT2D eigenvalue weighted by atomic mass is 9.69. The van der Waals surface area contributed by atoms with Gasteiger partial charge >= 0.3 is 0 Å². The number of allylic oxidation sites excluding steroid dienone is 1. The lowest BCUT2D eigenvalue weighted by Crippen LogP contribution is -2.55. The van der Waals surface area contributed by atoms with Gasteiger partial charge in [-0.15, -0.1) is 0 Å². The van der Waals surface area contributed by atoms with Crippen molar-refractivity contribution in [3.05, 3.63) is 47.0 Å². The van der Waals surface area contributed by atoms with Crippen LogP contribution in [0.2, 0.25) is 0 Å². The molecule has 0 saturated heterocycles. The summed E-state index contributed by atoms with van der Waals surface area (Å²) in [5.74, 6) is 2.29. The van der Waals surface area contributed by atoms with Crippen molar-refractivity contribution >= 4 is 0 Å². The highest BCUT2D eigenvalue weighted by molar-refractivity contribution is 5.31. The molecule has 0 aliphatic heterocycles. The quantitative estimate of drug-likeness (QED) is 0.427. The summed E-state index contributed by atoms with van der Waals surface area (Å²) in [5, 5.41) is 0. The zero-order chi connectivity index (χ0) is 18.7. The summed E-state index contributed by atoms with van der Waals surface area (Å²) in [6, 6.07) is 9.22. The normalized spacial score (nSPS) is 21.7. The van der Waals surface area contributed by atoms with Crippen molar-refractivity contribution in [2.75, 3.05) is 7.05 Å². The van der Waals surface area contributed by atoms with Gasteiger partial charge in [0.2, 0.25) is 0 Å². The lowest BCUT2D eigenvalue weighted by Gasteiger charge is -2.50. The smallest absolute Gasteiger partial charge is 0.0295 e. The van der Waals surface area contributed by atoms with Crippen LogP contribution in [0.3, 0.4) is 0 Å². The first kappa shape index (κ1) is 19.7. The Morgan fingerprint density at radius 2 is 1.77 bits per heavy atom. The highest BCUT2D eigenvalue weighted by Crippen LogP contribution is 2.45. The third-order valence-electron chi connectivity index (χ3n) is 7.75. The van der Waals surface area contributed by atoms with Crippen LogP contribution in [0.1, 0.15) is 77.3 Å². The highest BCUT2D eigenvalue weighted by Gasteiger charge is 2.45. The Kier molecular flexibility index (Phi) is 6.28. The van der Waals surface area contributed by atoms with Crippen LogP contribution in [0.5, 0.6) is 0 Å². The highest BCUT2D eigenvalue weighted by atomic mass is 15.2. The van der Waals surface area contributed by atoms with E-state index in [9.17, 15) is 0 Å². The molecule has 144 valence electrons. The number of rotatable bonds is 10. The monoisotopic (exact) mass is 353 g/mol. The van der Waals surface area contributed by atoms with Crippen LogP contribution in [0.25, 0.3) is 0 Å². The van der Waals surface area contributed by atoms with E-state index in [-0.39, 0.29) is 5.54 Å². The SMILES string of the molecule is CCC(C)C(CC)(C(C)C1=CC1)N(C)Cc1ccccc1CC1CCC1. The molecule has 0 heterocycles. The van der Waals surface area contributed by atoms with Crippen molar-refractivity contribution in [3.8, 4) is 0 Å². The molecule has 0 N–H and O–H groups in total. The Morgan fingerprint density at radius 3 is 2.27 bits per heavy atom. The predicted octanol–water partition coefficient (Wildman–Crippen LogP) is 6.62. The van der Waals surface area contributed by atoms with E-state index < -0.39 is 0 Å². The standard InChI is InChI=1S/C25H39N/c1-6-19(3)25(7-2,20(4)22-15-16-22)26(5)18-24-14-9-8-13-23(24)17-21-11-10-12-21/h8-9,13-15,19-21H,6-7,10-12,16-18H2,1-5H3. The number of hydrogen-bond acceptors (Lipinski definition) is 1. The van der Waals surface area contributed by atoms with E-state index in [4.69, 9.17) is 0 Å². The Bertz CT molecular complexity index is 627. The van der Waals surface area contributed by atoms with E-state index in [1.54, 1.807) is 16.7 Å². The molecule has 3 unspecified atom stereocenters. The second-order valence-electron chi connectivity index (χ2n) is 8.98. The summed E-state index contributed by atoms with van der Waals surface area (Å²) in [5.41, 5.74) is 5.10. The second kappa shape index (κ2) is 8.30. The molecule has 2 aliphatic carbocycles. The van der Waals surface area contributed by atoms with Crippen molar-refractivity contribution in [2.45, 2.75) is 84.7 Å². The van der Waals surface area contributed by atoms with Gasteiger partial charge in [-0.1, -0.05) is 89.3 Å². The summed E-state index contributed by atoms with van der Waals surface area (Å²) < 4.78 is 0. The fraction of sp³-hybridized carbons (Fsp3) is 0.680. The summed E-state index contributed by atoms with van der Waals surface area (Å²) >= 11 is 0. The van der Waals surface area contributed by atoms with Crippen LogP contribution in [0.15, 0.2) is 35.9 Å². The Balaban J connectivity index is 1.83. The van der Waals surface area contributed by atoms with E-state index in [2.05, 4.69) is 70.0 Å². The predicted molar refractivity (Wildman–Crippen MR) is 113 cm³/mol. The van der Waals surface area contributed by atoms with Gasteiger partial charge in [-0.3, -0.25) is 4.90 Å². The average molecular weight is 354 g/mol. The van der Waals surface area contributed by atoms with Crippen molar-refractivity contribution in [1.29, 1.82) is 0 Å². The Labute approximate surface area is 161 Å². The lowest BCUT2D eigenvalue weighted by molar-refractivity contribution is 0.0127. The van der Waals surface area contributed by atoms with Crippen LogP contribution < -0.4 is 0 Å². The maximum Gasteiger partial charge on any atom is 0.0295 e. The Hall–Kier alpha value is -1.08. The fourth-order valence-electron chi connectivity index (χ4n) is 5.47. The van der Waals surface area contributed by atoms with Gasteiger partial charge < -0.3 is 0 Å². The van der Waals surface area contributed by atoms with Gasteiger partial charge in [-0.25, -0.2) is 0 Å². The van der Waals surface area contributed by atoms with Crippen LogP contribution in [-0.4, -0.2) is 17.5 Å². The largest absolute Gasteiger partial charge is 0.296 e. The molecule has 0 spiro atoms. The first-order chi connectivity index (χ1) is 12.5. The molecule has 0 bridgehead atoms. The number of nitrogens with zero attached hydrogens (tertiary/aromatic N) is 1. The molecule has 0 radical (unpaired) electrons. The van der Waals surface area contributed by atoms with Gasteiger partial charge in [0.05, 0.1) is 0 Å². The van der Waals surface area contributed by atoms with E-state index in [0.717, 1.165) is 12.5 Å². The molecular weight excluding hydrogens is 314 g/mol. The van der Waals surface area contributed by atoms with Crippen LogP contribution in [0, 0.1) is 17.8 Å². The van der Waals surface area contributed by atoms with Gasteiger partial charge in [0.25, 0.3) is 0 Å².